The molecule has 0 aromatic carbocycles. The number of piperidine rings is 1. The molecule has 0 radical (unpaired) electrons. The summed E-state index contributed by atoms with van der Waals surface area (Å²) in [5.74, 6) is 0.224. The minimum absolute atomic E-state index is 0.219. The van der Waals surface area contributed by atoms with Gasteiger partial charge < -0.3 is 15.2 Å². The number of carbonyl (C=O) groups excluding carboxylic acids is 1. The second-order valence-electron chi connectivity index (χ2n) is 6.73. The summed E-state index contributed by atoms with van der Waals surface area (Å²) >= 11 is 0. The van der Waals surface area contributed by atoms with E-state index in [-0.39, 0.29) is 11.6 Å². The molecule has 128 valence electrons. The fourth-order valence-corrected chi connectivity index (χ4v) is 2.98. The lowest BCUT2D eigenvalue weighted by atomic mass is 9.83. The van der Waals surface area contributed by atoms with Gasteiger partial charge in [0.25, 0.3) is 0 Å². The summed E-state index contributed by atoms with van der Waals surface area (Å²) in [6.45, 7) is 6.36. The van der Waals surface area contributed by atoms with Crippen LogP contribution in [0, 0.1) is 5.92 Å². The van der Waals surface area contributed by atoms with E-state index in [1.165, 1.54) is 0 Å². The van der Waals surface area contributed by atoms with Gasteiger partial charge in [-0.3, -0.25) is 0 Å². The SMILES string of the molecule is CC(C)(OC(=O)/C=C/CCCCCCCO)C1CCNCC1. The van der Waals surface area contributed by atoms with Gasteiger partial charge in [0.2, 0.25) is 0 Å². The number of esters is 1. The summed E-state index contributed by atoms with van der Waals surface area (Å²) in [6.07, 6.45) is 11.9. The molecule has 0 spiro atoms. The van der Waals surface area contributed by atoms with Crippen molar-refractivity contribution in [1.29, 1.82) is 0 Å². The number of aliphatic hydroxyl groups excluding tert-OH is 1. The van der Waals surface area contributed by atoms with Gasteiger partial charge in [0, 0.05) is 18.6 Å². The fourth-order valence-electron chi connectivity index (χ4n) is 2.98. The third kappa shape index (κ3) is 7.95. The van der Waals surface area contributed by atoms with E-state index in [0.717, 1.165) is 64.5 Å². The maximum atomic E-state index is 11.9. The van der Waals surface area contributed by atoms with Crippen LogP contribution in [0.3, 0.4) is 0 Å². The molecule has 0 saturated carbocycles. The summed E-state index contributed by atoms with van der Waals surface area (Å²) in [5.41, 5.74) is -0.381. The second-order valence-corrected chi connectivity index (χ2v) is 6.73. The van der Waals surface area contributed by atoms with Crippen LogP contribution in [-0.2, 0) is 9.53 Å². The maximum absolute atomic E-state index is 11.9. The number of hydrogen-bond donors (Lipinski definition) is 2. The minimum Gasteiger partial charge on any atom is -0.456 e. The first-order chi connectivity index (χ1) is 10.6. The second kappa shape index (κ2) is 10.8. The zero-order valence-corrected chi connectivity index (χ0v) is 14.3. The van der Waals surface area contributed by atoms with Gasteiger partial charge in [0.15, 0.2) is 0 Å². The Morgan fingerprint density at radius 3 is 2.50 bits per heavy atom. The van der Waals surface area contributed by atoms with Crippen LogP contribution < -0.4 is 5.32 Å². The molecule has 1 heterocycles. The molecule has 4 heteroatoms. The van der Waals surface area contributed by atoms with Gasteiger partial charge in [-0.2, -0.15) is 0 Å². The van der Waals surface area contributed by atoms with Crippen molar-refractivity contribution < 1.29 is 14.6 Å². The number of ether oxygens (including phenoxy) is 1. The van der Waals surface area contributed by atoms with Crippen LogP contribution in [0.2, 0.25) is 0 Å². The van der Waals surface area contributed by atoms with Gasteiger partial charge in [-0.15, -0.1) is 0 Å². The summed E-state index contributed by atoms with van der Waals surface area (Å²) in [7, 11) is 0. The van der Waals surface area contributed by atoms with Crippen molar-refractivity contribution in [1.82, 2.24) is 5.32 Å². The molecule has 0 aromatic rings. The molecule has 1 aliphatic heterocycles. The van der Waals surface area contributed by atoms with Crippen LogP contribution in [0.1, 0.15) is 65.2 Å². The first-order valence-electron chi connectivity index (χ1n) is 8.77. The molecular formula is C18H33NO3. The third-order valence-corrected chi connectivity index (χ3v) is 4.47. The Labute approximate surface area is 135 Å². The molecule has 1 fully saturated rings. The molecule has 0 bridgehead atoms. The predicted molar refractivity (Wildman–Crippen MR) is 89.7 cm³/mol. The Morgan fingerprint density at radius 2 is 1.82 bits per heavy atom. The van der Waals surface area contributed by atoms with Crippen LogP contribution in [-0.4, -0.2) is 36.4 Å². The van der Waals surface area contributed by atoms with Crippen molar-refractivity contribution in [2.24, 2.45) is 5.92 Å². The van der Waals surface area contributed by atoms with Crippen LogP contribution in [0.25, 0.3) is 0 Å². The lowest BCUT2D eigenvalue weighted by Crippen LogP contribution is -2.42. The topological polar surface area (TPSA) is 58.6 Å². The average molecular weight is 311 g/mol. The highest BCUT2D eigenvalue weighted by molar-refractivity contribution is 5.82. The van der Waals surface area contributed by atoms with Gasteiger partial charge in [0.1, 0.15) is 5.60 Å². The van der Waals surface area contributed by atoms with Crippen molar-refractivity contribution >= 4 is 5.97 Å². The number of allylic oxidation sites excluding steroid dienone is 1. The molecule has 1 saturated heterocycles. The largest absolute Gasteiger partial charge is 0.456 e. The summed E-state index contributed by atoms with van der Waals surface area (Å²) in [6, 6.07) is 0. The van der Waals surface area contributed by atoms with E-state index in [4.69, 9.17) is 9.84 Å². The number of nitrogens with one attached hydrogen (secondary N) is 1. The van der Waals surface area contributed by atoms with E-state index in [9.17, 15) is 4.79 Å². The molecule has 0 unspecified atom stereocenters. The summed E-state index contributed by atoms with van der Waals surface area (Å²) in [5, 5.41) is 12.0. The molecule has 22 heavy (non-hydrogen) atoms. The third-order valence-electron chi connectivity index (χ3n) is 4.47. The smallest absolute Gasteiger partial charge is 0.330 e. The average Bonchev–Trinajstić information content (AvgIpc) is 2.50. The van der Waals surface area contributed by atoms with Crippen LogP contribution >= 0.6 is 0 Å². The summed E-state index contributed by atoms with van der Waals surface area (Å²) < 4.78 is 5.66. The number of rotatable bonds is 10. The Morgan fingerprint density at radius 1 is 1.18 bits per heavy atom. The first-order valence-corrected chi connectivity index (χ1v) is 8.77. The highest BCUT2D eigenvalue weighted by atomic mass is 16.6. The maximum Gasteiger partial charge on any atom is 0.330 e. The Hall–Kier alpha value is -0.870. The fraction of sp³-hybridized carbons (Fsp3) is 0.833. The van der Waals surface area contributed by atoms with Crippen LogP contribution in [0.4, 0.5) is 0 Å². The highest BCUT2D eigenvalue weighted by Gasteiger charge is 2.33. The molecule has 1 rings (SSSR count). The Bertz CT molecular complexity index is 333. The Balaban J connectivity index is 2.17. The molecule has 0 amide bonds. The molecule has 4 nitrogen and oxygen atoms in total. The van der Waals surface area contributed by atoms with E-state index >= 15 is 0 Å². The first kappa shape index (κ1) is 19.2. The lowest BCUT2D eigenvalue weighted by Gasteiger charge is -2.36. The molecule has 0 aliphatic carbocycles. The minimum atomic E-state index is -0.381. The predicted octanol–water partition coefficient (Wildman–Crippen LogP) is 3.20. The van der Waals surface area contributed by atoms with Gasteiger partial charge in [-0.1, -0.05) is 25.3 Å². The zero-order chi connectivity index (χ0) is 16.3. The van der Waals surface area contributed by atoms with Crippen LogP contribution in [0.5, 0.6) is 0 Å². The van der Waals surface area contributed by atoms with Crippen molar-refractivity contribution in [2.75, 3.05) is 19.7 Å². The summed E-state index contributed by atoms with van der Waals surface area (Å²) in [4.78, 5) is 11.9. The number of hydrogen-bond acceptors (Lipinski definition) is 4. The van der Waals surface area contributed by atoms with E-state index in [1.807, 2.05) is 19.9 Å². The monoisotopic (exact) mass is 311 g/mol. The molecule has 0 aromatic heterocycles. The number of aliphatic hydroxyl groups is 1. The van der Waals surface area contributed by atoms with Gasteiger partial charge in [0.05, 0.1) is 0 Å². The normalized spacial score (nSPS) is 17.0. The van der Waals surface area contributed by atoms with Crippen LogP contribution in [0.15, 0.2) is 12.2 Å². The number of carbonyl (C=O) groups is 1. The zero-order valence-electron chi connectivity index (χ0n) is 14.3. The van der Waals surface area contributed by atoms with E-state index in [0.29, 0.717) is 12.5 Å². The number of unbranched alkanes of at least 4 members (excludes halogenated alkanes) is 5. The molecular weight excluding hydrogens is 278 g/mol. The quantitative estimate of drug-likeness (QED) is 0.369. The standard InChI is InChI=1S/C18H33NO3/c1-18(2,16-11-13-19-14-12-16)22-17(21)10-8-6-4-3-5-7-9-15-20/h8,10,16,19-20H,3-7,9,11-15H2,1-2H3/b10-8+. The van der Waals surface area contributed by atoms with Crippen molar-refractivity contribution in [3.8, 4) is 0 Å². The van der Waals surface area contributed by atoms with Crippen molar-refractivity contribution in [2.45, 2.75) is 70.8 Å². The lowest BCUT2D eigenvalue weighted by molar-refractivity contribution is -0.156. The van der Waals surface area contributed by atoms with Gasteiger partial charge in [-0.25, -0.2) is 4.79 Å². The van der Waals surface area contributed by atoms with Gasteiger partial charge in [-0.05, 0) is 59.0 Å². The van der Waals surface area contributed by atoms with E-state index in [1.54, 1.807) is 6.08 Å². The van der Waals surface area contributed by atoms with Gasteiger partial charge >= 0.3 is 5.97 Å². The van der Waals surface area contributed by atoms with E-state index in [2.05, 4.69) is 5.32 Å². The molecule has 0 atom stereocenters. The Kier molecular flexibility index (Phi) is 9.41. The highest BCUT2D eigenvalue weighted by Crippen LogP contribution is 2.29. The molecule has 2 N–H and O–H groups in total. The van der Waals surface area contributed by atoms with Crippen molar-refractivity contribution in [3.05, 3.63) is 12.2 Å². The van der Waals surface area contributed by atoms with E-state index < -0.39 is 0 Å². The van der Waals surface area contributed by atoms with Crippen molar-refractivity contribution in [3.63, 3.8) is 0 Å². The molecule has 1 aliphatic rings.